The lowest BCUT2D eigenvalue weighted by atomic mass is 9.88. The lowest BCUT2D eigenvalue weighted by molar-refractivity contribution is -0.132. The number of aryl methyl sites for hydroxylation is 1. The number of benzene rings is 1. The summed E-state index contributed by atoms with van der Waals surface area (Å²) in [6.45, 7) is 1.73. The van der Waals surface area contributed by atoms with E-state index in [9.17, 15) is 9.59 Å². The minimum absolute atomic E-state index is 0.0241. The van der Waals surface area contributed by atoms with E-state index in [-0.39, 0.29) is 35.2 Å². The van der Waals surface area contributed by atoms with Crippen LogP contribution in [0.4, 0.5) is 11.6 Å². The summed E-state index contributed by atoms with van der Waals surface area (Å²) < 4.78 is 10.9. The van der Waals surface area contributed by atoms with Crippen molar-refractivity contribution in [2.75, 3.05) is 38.2 Å². The summed E-state index contributed by atoms with van der Waals surface area (Å²) >= 11 is 1.88. The second-order valence-corrected chi connectivity index (χ2v) is 10.3. The number of nitrogen functional groups attached to an aromatic ring is 2. The second kappa shape index (κ2) is 11.0. The van der Waals surface area contributed by atoms with Crippen LogP contribution in [0.1, 0.15) is 35.6 Å². The number of nitrogens with zero attached hydrogens (tertiary/aromatic N) is 6. The van der Waals surface area contributed by atoms with Crippen LogP contribution in [0.25, 0.3) is 11.4 Å². The molecule has 2 fully saturated rings. The van der Waals surface area contributed by atoms with Crippen LogP contribution in [0.2, 0.25) is 0 Å². The molecule has 14 nitrogen and oxygen atoms in total. The monoisotopic (exact) mass is 646 g/mol. The molecule has 2 saturated heterocycles. The minimum Gasteiger partial charge on any atom is -0.497 e. The first kappa shape index (κ1) is 26.6. The Morgan fingerprint density at radius 3 is 2.62 bits per heavy atom. The van der Waals surface area contributed by atoms with Crippen LogP contribution in [0.5, 0.6) is 5.75 Å². The molecular formula is C24H27IN10O4. The van der Waals surface area contributed by atoms with E-state index < -0.39 is 5.91 Å². The van der Waals surface area contributed by atoms with Crippen LogP contribution >= 0.6 is 22.6 Å². The van der Waals surface area contributed by atoms with Gasteiger partial charge in [-0.1, -0.05) is 5.16 Å². The number of anilines is 2. The Morgan fingerprint density at radius 1 is 1.15 bits per heavy atom. The lowest BCUT2D eigenvalue weighted by Gasteiger charge is -2.38. The molecule has 204 valence electrons. The van der Waals surface area contributed by atoms with Crippen LogP contribution in [-0.2, 0) is 11.2 Å². The highest BCUT2D eigenvalue weighted by Gasteiger charge is 2.40. The molecule has 3 aromatic rings. The highest BCUT2D eigenvalue weighted by molar-refractivity contribution is 14.1. The van der Waals surface area contributed by atoms with Crippen molar-refractivity contribution in [3.05, 3.63) is 39.6 Å². The quantitative estimate of drug-likeness (QED) is 0.277. The number of nitrogens with two attached hydrogens (primary N) is 2. The van der Waals surface area contributed by atoms with Crippen molar-refractivity contribution in [1.82, 2.24) is 35.6 Å². The van der Waals surface area contributed by atoms with E-state index in [1.165, 1.54) is 0 Å². The molecule has 0 bridgehead atoms. The van der Waals surface area contributed by atoms with Gasteiger partial charge in [0.25, 0.3) is 0 Å². The summed E-state index contributed by atoms with van der Waals surface area (Å²) in [5.41, 5.74) is 11.9. The third-order valence-electron chi connectivity index (χ3n) is 6.74. The fourth-order valence-corrected chi connectivity index (χ4v) is 4.85. The number of amides is 2. The number of piperidine rings is 1. The summed E-state index contributed by atoms with van der Waals surface area (Å²) in [5.74, 6) is 1.46. The van der Waals surface area contributed by atoms with Gasteiger partial charge in [0.1, 0.15) is 9.45 Å². The molecule has 2 aliphatic heterocycles. The maximum Gasteiger partial charge on any atom is 0.302 e. The molecule has 4 heterocycles. The molecule has 1 spiro atoms. The normalized spacial score (nSPS) is 17.2. The molecule has 6 N–H and O–H groups in total. The van der Waals surface area contributed by atoms with Gasteiger partial charge < -0.3 is 36.3 Å². The largest absolute Gasteiger partial charge is 0.497 e. The van der Waals surface area contributed by atoms with Gasteiger partial charge in [0.2, 0.25) is 17.6 Å². The molecule has 0 saturated carbocycles. The van der Waals surface area contributed by atoms with Crippen molar-refractivity contribution < 1.29 is 18.8 Å². The molecule has 0 unspecified atom stereocenters. The summed E-state index contributed by atoms with van der Waals surface area (Å²) in [5, 5.41) is 10.5. The van der Waals surface area contributed by atoms with E-state index in [2.05, 4.69) is 35.7 Å². The molecule has 1 aromatic carbocycles. The molecule has 0 atom stereocenters. The van der Waals surface area contributed by atoms with Crippen molar-refractivity contribution in [3.63, 3.8) is 0 Å². The number of nitrogens with one attached hydrogen (secondary N) is 2. The first-order valence-electron chi connectivity index (χ1n) is 12.2. The van der Waals surface area contributed by atoms with E-state index >= 15 is 0 Å². The predicted molar refractivity (Wildman–Crippen MR) is 150 cm³/mol. The molecular weight excluding hydrogens is 619 g/mol. The van der Waals surface area contributed by atoms with Crippen molar-refractivity contribution >= 4 is 52.0 Å². The first-order valence-corrected chi connectivity index (χ1v) is 13.3. The predicted octanol–water partition coefficient (Wildman–Crippen LogP) is 0.987. The average molecular weight is 646 g/mol. The number of guanidine groups is 1. The Balaban J connectivity index is 1.12. The smallest absolute Gasteiger partial charge is 0.302 e. The molecule has 2 amide bonds. The third kappa shape index (κ3) is 5.86. The zero-order chi connectivity index (χ0) is 27.6. The Labute approximate surface area is 237 Å². The Kier molecular flexibility index (Phi) is 7.49. The standard InChI is InChI=1S/C24H27IN10O4/c1-38-14-4-2-13(3-5-14)21-29-15(39-34-21)6-7-16(36)35-10-8-24(9-11-35)12-28-23(33-24)32-22(37)17-19(26)31-20(27)18(25)30-17/h2-5H,6-12H2,1H3,(H4,26,27,31)(H2,28,32,33,37). The van der Waals surface area contributed by atoms with Gasteiger partial charge in [-0.05, 0) is 59.7 Å². The fraction of sp³-hybridized carbons (Fsp3) is 0.375. The number of aromatic nitrogens is 4. The number of halogens is 1. The lowest BCUT2D eigenvalue weighted by Crippen LogP contribution is -2.53. The molecule has 15 heteroatoms. The zero-order valence-electron chi connectivity index (χ0n) is 21.1. The topological polar surface area (TPSA) is 200 Å². The zero-order valence-corrected chi connectivity index (χ0v) is 23.3. The number of rotatable bonds is 6. The van der Waals surface area contributed by atoms with Crippen molar-refractivity contribution in [2.45, 2.75) is 31.2 Å². The number of carbonyl (C=O) groups is 2. The van der Waals surface area contributed by atoms with Crippen LogP contribution in [-0.4, -0.2) is 75.1 Å². The number of likely N-dealkylation sites (tertiary alicyclic amines) is 1. The van der Waals surface area contributed by atoms with E-state index in [0.717, 1.165) is 11.3 Å². The number of hydrogen-bond acceptors (Lipinski definition) is 10. The van der Waals surface area contributed by atoms with Gasteiger partial charge >= 0.3 is 5.91 Å². The highest BCUT2D eigenvalue weighted by atomic mass is 127. The molecule has 0 aliphatic carbocycles. The summed E-state index contributed by atoms with van der Waals surface area (Å²) in [7, 11) is 1.60. The molecule has 2 aromatic heterocycles. The van der Waals surface area contributed by atoms with Crippen molar-refractivity contribution in [3.8, 4) is 17.1 Å². The van der Waals surface area contributed by atoms with Crippen LogP contribution < -0.4 is 26.8 Å². The summed E-state index contributed by atoms with van der Waals surface area (Å²) in [4.78, 5) is 43.9. The summed E-state index contributed by atoms with van der Waals surface area (Å²) in [6, 6.07) is 7.35. The maximum atomic E-state index is 12.9. The maximum absolute atomic E-state index is 12.9. The number of carbonyl (C=O) groups excluding carboxylic acids is 2. The molecule has 0 radical (unpaired) electrons. The second-order valence-electron chi connectivity index (χ2n) is 9.28. The van der Waals surface area contributed by atoms with Crippen molar-refractivity contribution in [1.29, 1.82) is 0 Å². The van der Waals surface area contributed by atoms with Crippen LogP contribution in [0.3, 0.4) is 0 Å². The van der Waals surface area contributed by atoms with Gasteiger partial charge in [0.05, 0.1) is 12.6 Å². The number of aliphatic imine (C=N–C) groups is 1. The molecule has 2 aliphatic rings. The van der Waals surface area contributed by atoms with Gasteiger partial charge in [0, 0.05) is 38.0 Å². The minimum atomic E-state index is -0.617. The van der Waals surface area contributed by atoms with E-state index in [1.54, 1.807) is 7.11 Å². The first-order chi connectivity index (χ1) is 18.7. The molecule has 5 rings (SSSR count). The van der Waals surface area contributed by atoms with Crippen LogP contribution in [0, 0.1) is 3.70 Å². The van der Waals surface area contributed by atoms with Gasteiger partial charge in [-0.15, -0.1) is 0 Å². The van der Waals surface area contributed by atoms with Gasteiger partial charge in [0.15, 0.2) is 23.3 Å². The Morgan fingerprint density at radius 2 is 1.90 bits per heavy atom. The number of ether oxygens (including phenoxy) is 1. The third-order valence-corrected chi connectivity index (χ3v) is 7.53. The van der Waals surface area contributed by atoms with Crippen molar-refractivity contribution in [2.24, 2.45) is 4.99 Å². The Hall–Kier alpha value is -4.02. The van der Waals surface area contributed by atoms with Gasteiger partial charge in [-0.3, -0.25) is 9.59 Å². The Bertz CT molecular complexity index is 1420. The van der Waals surface area contributed by atoms with Crippen LogP contribution in [0.15, 0.2) is 33.8 Å². The molecule has 39 heavy (non-hydrogen) atoms. The summed E-state index contributed by atoms with van der Waals surface area (Å²) in [6.07, 6.45) is 2.02. The average Bonchev–Trinajstić information content (AvgIpc) is 3.57. The van der Waals surface area contributed by atoms with E-state index in [0.29, 0.717) is 60.3 Å². The highest BCUT2D eigenvalue weighted by Crippen LogP contribution is 2.26. The fourth-order valence-electron chi connectivity index (χ4n) is 4.49. The van der Waals surface area contributed by atoms with E-state index in [1.807, 2.05) is 51.8 Å². The SMILES string of the molecule is COc1ccc(-c2noc(CCC(=O)N3CCC4(CC3)CN/C(=N\C(=O)c3nc(I)c(N)nc3N)N4)n2)cc1. The number of hydrogen-bond donors (Lipinski definition) is 4. The number of methoxy groups -OCH3 is 1. The van der Waals surface area contributed by atoms with Gasteiger partial charge in [-0.2, -0.15) is 9.98 Å². The van der Waals surface area contributed by atoms with E-state index in [4.69, 9.17) is 20.7 Å². The van der Waals surface area contributed by atoms with Gasteiger partial charge in [-0.25, -0.2) is 9.97 Å².